The second-order valence-electron chi connectivity index (χ2n) is 2.10. The van der Waals surface area contributed by atoms with Crippen LogP contribution in [0.5, 0.6) is 5.75 Å². The lowest BCUT2D eigenvalue weighted by molar-refractivity contribution is 0.460. The molecule has 1 heterocycles. The first-order chi connectivity index (χ1) is 4.74. The molecule has 1 aromatic rings. The van der Waals surface area contributed by atoms with Crippen molar-refractivity contribution in [2.24, 2.45) is 0 Å². The Balaban J connectivity index is 3.09. The third-order valence-electron chi connectivity index (χ3n) is 1.30. The summed E-state index contributed by atoms with van der Waals surface area (Å²) in [5, 5.41) is 9.11. The minimum atomic E-state index is 0.188. The molecule has 10 heavy (non-hydrogen) atoms. The van der Waals surface area contributed by atoms with Crippen molar-refractivity contribution in [1.82, 2.24) is 9.97 Å². The van der Waals surface area contributed by atoms with Crippen molar-refractivity contribution in [3.8, 4) is 5.75 Å². The second-order valence-corrected chi connectivity index (χ2v) is 2.10. The molecule has 0 unspecified atom stereocenters. The lowest BCUT2D eigenvalue weighted by Gasteiger charge is -1.98. The van der Waals surface area contributed by atoms with Gasteiger partial charge in [0.1, 0.15) is 5.82 Å². The maximum absolute atomic E-state index is 9.11. The van der Waals surface area contributed by atoms with Crippen LogP contribution in [0.1, 0.15) is 18.4 Å². The van der Waals surface area contributed by atoms with Crippen molar-refractivity contribution in [2.75, 3.05) is 0 Å². The minimum absolute atomic E-state index is 0.188. The van der Waals surface area contributed by atoms with Crippen LogP contribution in [-0.4, -0.2) is 15.1 Å². The summed E-state index contributed by atoms with van der Waals surface area (Å²) in [6.45, 7) is 3.75. The molecule has 3 nitrogen and oxygen atoms in total. The predicted octanol–water partition coefficient (Wildman–Crippen LogP) is 1.05. The first-order valence-electron chi connectivity index (χ1n) is 3.25. The molecule has 0 saturated heterocycles. The average Bonchev–Trinajstić information content (AvgIpc) is 1.94. The zero-order valence-electron chi connectivity index (χ0n) is 6.13. The van der Waals surface area contributed by atoms with Gasteiger partial charge >= 0.3 is 0 Å². The number of nitrogens with zero attached hydrogens (tertiary/aromatic N) is 2. The van der Waals surface area contributed by atoms with Crippen LogP contribution in [0, 0.1) is 6.92 Å². The van der Waals surface area contributed by atoms with Crippen molar-refractivity contribution in [2.45, 2.75) is 20.3 Å². The van der Waals surface area contributed by atoms with E-state index in [4.69, 9.17) is 5.11 Å². The molecule has 0 aliphatic rings. The van der Waals surface area contributed by atoms with E-state index >= 15 is 0 Å². The van der Waals surface area contributed by atoms with Gasteiger partial charge in [0.2, 0.25) is 0 Å². The largest absolute Gasteiger partial charge is 0.504 e. The Bertz CT molecular complexity index is 235. The molecule has 54 valence electrons. The molecule has 0 bridgehead atoms. The molecule has 0 aromatic carbocycles. The maximum Gasteiger partial charge on any atom is 0.155 e. The molecule has 0 amide bonds. The summed E-state index contributed by atoms with van der Waals surface area (Å²) in [6, 6.07) is 0. The standard InChI is InChI=1S/C7H10N2O/c1-3-6-7(10)4-8-5(2)9-6/h4,10H,3H2,1-2H3. The quantitative estimate of drug-likeness (QED) is 0.631. The predicted molar refractivity (Wildman–Crippen MR) is 37.8 cm³/mol. The van der Waals surface area contributed by atoms with Gasteiger partial charge in [-0.1, -0.05) is 6.92 Å². The highest BCUT2D eigenvalue weighted by Crippen LogP contribution is 2.11. The monoisotopic (exact) mass is 138 g/mol. The molecule has 0 aliphatic heterocycles. The van der Waals surface area contributed by atoms with Gasteiger partial charge in [0, 0.05) is 0 Å². The molecule has 1 aromatic heterocycles. The molecule has 0 radical (unpaired) electrons. The fourth-order valence-electron chi connectivity index (χ4n) is 0.771. The summed E-state index contributed by atoms with van der Waals surface area (Å²) < 4.78 is 0. The zero-order chi connectivity index (χ0) is 7.56. The zero-order valence-corrected chi connectivity index (χ0v) is 6.13. The maximum atomic E-state index is 9.11. The lowest BCUT2D eigenvalue weighted by atomic mass is 10.3. The number of aromatic hydroxyl groups is 1. The Morgan fingerprint density at radius 2 is 2.30 bits per heavy atom. The molecular formula is C7H10N2O. The van der Waals surface area contributed by atoms with Gasteiger partial charge in [-0.05, 0) is 13.3 Å². The molecule has 0 fully saturated rings. The van der Waals surface area contributed by atoms with Crippen LogP contribution < -0.4 is 0 Å². The normalized spacial score (nSPS) is 9.80. The fourth-order valence-corrected chi connectivity index (χ4v) is 0.771. The van der Waals surface area contributed by atoms with Gasteiger partial charge in [-0.3, -0.25) is 0 Å². The third kappa shape index (κ3) is 1.23. The molecule has 1 rings (SSSR count). The first-order valence-corrected chi connectivity index (χ1v) is 3.25. The summed E-state index contributed by atoms with van der Waals surface area (Å²) in [5.41, 5.74) is 0.715. The van der Waals surface area contributed by atoms with Crippen molar-refractivity contribution in [1.29, 1.82) is 0 Å². The van der Waals surface area contributed by atoms with Crippen molar-refractivity contribution >= 4 is 0 Å². The van der Waals surface area contributed by atoms with E-state index in [-0.39, 0.29) is 5.75 Å². The SMILES string of the molecule is CCc1nc(C)ncc1O. The highest BCUT2D eigenvalue weighted by atomic mass is 16.3. The van der Waals surface area contributed by atoms with Gasteiger partial charge in [-0.25, -0.2) is 9.97 Å². The summed E-state index contributed by atoms with van der Waals surface area (Å²) in [5.74, 6) is 0.891. The summed E-state index contributed by atoms with van der Waals surface area (Å²) in [4.78, 5) is 7.86. The fraction of sp³-hybridized carbons (Fsp3) is 0.429. The van der Waals surface area contributed by atoms with Crippen LogP contribution in [0.3, 0.4) is 0 Å². The van der Waals surface area contributed by atoms with E-state index in [1.807, 2.05) is 6.92 Å². The number of aromatic nitrogens is 2. The Labute approximate surface area is 59.8 Å². The smallest absolute Gasteiger partial charge is 0.155 e. The van der Waals surface area contributed by atoms with Crippen LogP contribution in [0.2, 0.25) is 0 Å². The molecule has 3 heteroatoms. The highest BCUT2D eigenvalue weighted by molar-refractivity contribution is 5.22. The van der Waals surface area contributed by atoms with Gasteiger partial charge in [0.15, 0.2) is 5.75 Å². The summed E-state index contributed by atoms with van der Waals surface area (Å²) in [7, 11) is 0. The number of aryl methyl sites for hydroxylation is 2. The topological polar surface area (TPSA) is 46.0 Å². The van der Waals surface area contributed by atoms with Crippen LogP contribution in [0.4, 0.5) is 0 Å². The van der Waals surface area contributed by atoms with E-state index in [1.165, 1.54) is 6.20 Å². The van der Waals surface area contributed by atoms with Crippen molar-refractivity contribution in [3.63, 3.8) is 0 Å². The van der Waals surface area contributed by atoms with Crippen molar-refractivity contribution < 1.29 is 5.11 Å². The third-order valence-corrected chi connectivity index (χ3v) is 1.30. The number of hydrogen-bond acceptors (Lipinski definition) is 3. The number of hydrogen-bond donors (Lipinski definition) is 1. The van der Waals surface area contributed by atoms with E-state index < -0.39 is 0 Å². The van der Waals surface area contributed by atoms with Gasteiger partial charge in [-0.15, -0.1) is 0 Å². The highest BCUT2D eigenvalue weighted by Gasteiger charge is 1.99. The van der Waals surface area contributed by atoms with E-state index in [0.717, 1.165) is 6.42 Å². The van der Waals surface area contributed by atoms with Gasteiger partial charge < -0.3 is 5.11 Å². The minimum Gasteiger partial charge on any atom is -0.504 e. The van der Waals surface area contributed by atoms with E-state index in [2.05, 4.69) is 9.97 Å². The van der Waals surface area contributed by atoms with Crippen LogP contribution in [0.15, 0.2) is 6.20 Å². The Morgan fingerprint density at radius 1 is 1.60 bits per heavy atom. The van der Waals surface area contributed by atoms with Crippen LogP contribution >= 0.6 is 0 Å². The molecule has 0 aliphatic carbocycles. The molecule has 0 atom stereocenters. The lowest BCUT2D eigenvalue weighted by Crippen LogP contribution is -1.92. The number of rotatable bonds is 1. The van der Waals surface area contributed by atoms with Crippen molar-refractivity contribution in [3.05, 3.63) is 17.7 Å². The average molecular weight is 138 g/mol. The van der Waals surface area contributed by atoms with Gasteiger partial charge in [0.25, 0.3) is 0 Å². The molecular weight excluding hydrogens is 128 g/mol. The molecule has 1 N–H and O–H groups in total. The summed E-state index contributed by atoms with van der Waals surface area (Å²) >= 11 is 0. The Kier molecular flexibility index (Phi) is 1.85. The van der Waals surface area contributed by atoms with Gasteiger partial charge in [0.05, 0.1) is 11.9 Å². The van der Waals surface area contributed by atoms with E-state index in [0.29, 0.717) is 11.5 Å². The summed E-state index contributed by atoms with van der Waals surface area (Å²) in [6.07, 6.45) is 2.18. The van der Waals surface area contributed by atoms with Gasteiger partial charge in [-0.2, -0.15) is 0 Å². The molecule has 0 saturated carbocycles. The van der Waals surface area contributed by atoms with E-state index in [1.54, 1.807) is 6.92 Å². The van der Waals surface area contributed by atoms with E-state index in [9.17, 15) is 0 Å². The first kappa shape index (κ1) is 6.99. The second kappa shape index (κ2) is 2.64. The van der Waals surface area contributed by atoms with Crippen LogP contribution in [0.25, 0.3) is 0 Å². The van der Waals surface area contributed by atoms with Crippen LogP contribution in [-0.2, 0) is 6.42 Å². The molecule has 0 spiro atoms. The Hall–Kier alpha value is -1.12. The Morgan fingerprint density at radius 3 is 2.80 bits per heavy atom.